The molecule has 1 N–H and O–H groups in total. The molecule has 2 bridgehead atoms. The Bertz CT molecular complexity index is 1070. The van der Waals surface area contributed by atoms with Crippen molar-refractivity contribution in [3.63, 3.8) is 0 Å². The first-order valence-corrected chi connectivity index (χ1v) is 12.0. The number of piperidine rings is 1. The van der Waals surface area contributed by atoms with Gasteiger partial charge >= 0.3 is 6.09 Å². The lowest BCUT2D eigenvalue weighted by atomic mass is 9.96. The van der Waals surface area contributed by atoms with Crippen molar-refractivity contribution in [3.05, 3.63) is 65.5 Å². The van der Waals surface area contributed by atoms with E-state index in [9.17, 15) is 4.79 Å². The van der Waals surface area contributed by atoms with Crippen molar-refractivity contribution >= 4 is 17.2 Å². The highest BCUT2D eigenvalue weighted by Crippen LogP contribution is 2.37. The van der Waals surface area contributed by atoms with Crippen LogP contribution in [0.2, 0.25) is 0 Å². The first-order chi connectivity index (χ1) is 15.8. The molecule has 2 aromatic carbocycles. The van der Waals surface area contributed by atoms with Gasteiger partial charge in [0.1, 0.15) is 11.1 Å². The van der Waals surface area contributed by atoms with E-state index >= 15 is 0 Å². The van der Waals surface area contributed by atoms with Crippen LogP contribution in [0.3, 0.4) is 0 Å². The number of ether oxygens (including phenoxy) is 1. The molecule has 33 heavy (non-hydrogen) atoms. The van der Waals surface area contributed by atoms with Gasteiger partial charge in [-0.25, -0.2) is 9.78 Å². The number of amides is 1. The fourth-order valence-electron chi connectivity index (χ4n) is 5.27. The first kappa shape index (κ1) is 22.0. The number of rotatable bonds is 5. The Kier molecular flexibility index (Phi) is 5.87. The summed E-state index contributed by atoms with van der Waals surface area (Å²) in [6, 6.07) is 17.9. The predicted molar refractivity (Wildman–Crippen MR) is 128 cm³/mol. The van der Waals surface area contributed by atoms with Gasteiger partial charge in [-0.1, -0.05) is 36.4 Å². The number of benzene rings is 2. The van der Waals surface area contributed by atoms with Crippen LogP contribution in [0.1, 0.15) is 63.5 Å². The highest BCUT2D eigenvalue weighted by molar-refractivity contribution is 5.72. The summed E-state index contributed by atoms with van der Waals surface area (Å²) in [5.74, 6) is 0.751. The highest BCUT2D eigenvalue weighted by Gasteiger charge is 2.41. The van der Waals surface area contributed by atoms with Gasteiger partial charge in [0.15, 0.2) is 11.5 Å². The number of carbonyl (C=O) groups excluding carboxylic acids is 1. The van der Waals surface area contributed by atoms with E-state index in [0.717, 1.165) is 36.4 Å². The summed E-state index contributed by atoms with van der Waals surface area (Å²) in [6.45, 7) is 6.66. The molecule has 1 aromatic heterocycles. The number of hydrogen-bond donors (Lipinski definition) is 1. The molecule has 1 amide bonds. The lowest BCUT2D eigenvalue weighted by molar-refractivity contribution is 0.0436. The summed E-state index contributed by atoms with van der Waals surface area (Å²) >= 11 is 0. The summed E-state index contributed by atoms with van der Waals surface area (Å²) in [5.41, 5.74) is 3.81. The molecule has 174 valence electrons. The molecule has 5 rings (SSSR count). The van der Waals surface area contributed by atoms with E-state index in [1.54, 1.807) is 0 Å². The second-order valence-electron chi connectivity index (χ2n) is 10.4. The standard InChI is InChI=1S/C27H33N3O3/c1-27(2,3)33-26(31)28-20-15-21-12-13-22(16-20)30(21)17-19-10-8-18(9-11-19)14-25-29-23-6-4-5-7-24(23)32-25/h4-11,20-22H,12-17H2,1-3H3,(H,28,31). The van der Waals surface area contributed by atoms with Crippen LogP contribution in [-0.4, -0.2) is 39.7 Å². The van der Waals surface area contributed by atoms with E-state index in [-0.39, 0.29) is 12.1 Å². The third-order valence-electron chi connectivity index (χ3n) is 6.69. The average molecular weight is 448 g/mol. The van der Waals surface area contributed by atoms with Crippen molar-refractivity contribution in [3.8, 4) is 0 Å². The smallest absolute Gasteiger partial charge is 0.407 e. The molecule has 0 saturated carbocycles. The van der Waals surface area contributed by atoms with E-state index in [4.69, 9.17) is 9.15 Å². The van der Waals surface area contributed by atoms with E-state index < -0.39 is 5.60 Å². The van der Waals surface area contributed by atoms with E-state index in [0.29, 0.717) is 18.5 Å². The van der Waals surface area contributed by atoms with Crippen LogP contribution in [0.25, 0.3) is 11.1 Å². The first-order valence-electron chi connectivity index (χ1n) is 12.0. The minimum Gasteiger partial charge on any atom is -0.444 e. The molecule has 6 nitrogen and oxygen atoms in total. The molecule has 2 aliphatic rings. The van der Waals surface area contributed by atoms with Crippen molar-refractivity contribution < 1.29 is 13.9 Å². The Morgan fingerprint density at radius 1 is 1.06 bits per heavy atom. The van der Waals surface area contributed by atoms with Crippen molar-refractivity contribution in [1.82, 2.24) is 15.2 Å². The molecule has 2 fully saturated rings. The minimum absolute atomic E-state index is 0.201. The van der Waals surface area contributed by atoms with Crippen molar-refractivity contribution in [2.24, 2.45) is 0 Å². The Labute approximate surface area is 195 Å². The number of nitrogens with one attached hydrogen (secondary N) is 1. The van der Waals surface area contributed by atoms with E-state index in [1.165, 1.54) is 24.0 Å². The van der Waals surface area contributed by atoms with Crippen LogP contribution >= 0.6 is 0 Å². The summed E-state index contributed by atoms with van der Waals surface area (Å²) < 4.78 is 11.3. The number of carbonyl (C=O) groups is 1. The molecular formula is C27H33N3O3. The Hall–Kier alpha value is -2.86. The maximum absolute atomic E-state index is 12.2. The fraction of sp³-hybridized carbons (Fsp3) is 0.481. The molecule has 2 atom stereocenters. The van der Waals surface area contributed by atoms with Crippen molar-refractivity contribution in [1.29, 1.82) is 0 Å². The molecule has 3 aromatic rings. The minimum atomic E-state index is -0.462. The van der Waals surface area contributed by atoms with Crippen LogP contribution in [0, 0.1) is 0 Å². The van der Waals surface area contributed by atoms with E-state index in [2.05, 4.69) is 39.5 Å². The van der Waals surface area contributed by atoms with Gasteiger partial charge in [0.25, 0.3) is 0 Å². The number of oxazole rings is 1. The van der Waals surface area contributed by atoms with Crippen molar-refractivity contribution in [2.45, 2.75) is 83.1 Å². The topological polar surface area (TPSA) is 67.6 Å². The van der Waals surface area contributed by atoms with Crippen LogP contribution in [0.4, 0.5) is 4.79 Å². The maximum atomic E-state index is 12.2. The number of hydrogen-bond acceptors (Lipinski definition) is 5. The molecule has 0 radical (unpaired) electrons. The molecule has 2 aliphatic heterocycles. The van der Waals surface area contributed by atoms with Crippen LogP contribution < -0.4 is 5.32 Å². The molecular weight excluding hydrogens is 414 g/mol. The van der Waals surface area contributed by atoms with Crippen LogP contribution in [0.5, 0.6) is 0 Å². The molecule has 3 heterocycles. The van der Waals surface area contributed by atoms with Crippen LogP contribution in [0.15, 0.2) is 52.9 Å². The molecule has 2 unspecified atom stereocenters. The zero-order chi connectivity index (χ0) is 23.0. The summed E-state index contributed by atoms with van der Waals surface area (Å²) in [4.78, 5) is 19.4. The number of nitrogens with zero attached hydrogens (tertiary/aromatic N) is 2. The number of para-hydroxylation sites is 2. The lowest BCUT2D eigenvalue weighted by Gasteiger charge is -2.39. The molecule has 0 aliphatic carbocycles. The number of fused-ring (bicyclic) bond motifs is 3. The molecule has 2 saturated heterocycles. The number of alkyl carbamates (subject to hydrolysis) is 1. The van der Waals surface area contributed by atoms with Gasteiger partial charge in [-0.05, 0) is 69.7 Å². The third-order valence-corrected chi connectivity index (χ3v) is 6.69. The predicted octanol–water partition coefficient (Wildman–Crippen LogP) is 5.44. The van der Waals surface area contributed by atoms with E-state index in [1.807, 2.05) is 45.0 Å². The van der Waals surface area contributed by atoms with Gasteiger partial charge < -0.3 is 14.5 Å². The largest absolute Gasteiger partial charge is 0.444 e. The quantitative estimate of drug-likeness (QED) is 0.564. The highest BCUT2D eigenvalue weighted by atomic mass is 16.6. The molecule has 0 spiro atoms. The van der Waals surface area contributed by atoms with Gasteiger partial charge in [-0.3, -0.25) is 4.90 Å². The second-order valence-corrected chi connectivity index (χ2v) is 10.4. The fourth-order valence-corrected chi connectivity index (χ4v) is 5.27. The lowest BCUT2D eigenvalue weighted by Crippen LogP contribution is -2.50. The zero-order valence-corrected chi connectivity index (χ0v) is 19.7. The van der Waals surface area contributed by atoms with Crippen LogP contribution in [-0.2, 0) is 17.7 Å². The van der Waals surface area contributed by atoms with Gasteiger partial charge in [0, 0.05) is 31.1 Å². The maximum Gasteiger partial charge on any atom is 0.407 e. The third kappa shape index (κ3) is 5.22. The number of aromatic nitrogens is 1. The average Bonchev–Trinajstić information content (AvgIpc) is 3.25. The summed E-state index contributed by atoms with van der Waals surface area (Å²) in [6.07, 6.45) is 4.79. The summed E-state index contributed by atoms with van der Waals surface area (Å²) in [5, 5.41) is 3.10. The van der Waals surface area contributed by atoms with Crippen molar-refractivity contribution in [2.75, 3.05) is 0 Å². The Morgan fingerprint density at radius 3 is 2.39 bits per heavy atom. The Morgan fingerprint density at radius 2 is 1.73 bits per heavy atom. The normalized spacial score (nSPS) is 23.1. The van der Waals surface area contributed by atoms with Gasteiger partial charge in [0.2, 0.25) is 0 Å². The van der Waals surface area contributed by atoms with Gasteiger partial charge in [-0.15, -0.1) is 0 Å². The molecule has 6 heteroatoms. The van der Waals surface area contributed by atoms with Gasteiger partial charge in [-0.2, -0.15) is 0 Å². The zero-order valence-electron chi connectivity index (χ0n) is 19.7. The Balaban J connectivity index is 1.17. The summed E-state index contributed by atoms with van der Waals surface area (Å²) in [7, 11) is 0. The monoisotopic (exact) mass is 447 g/mol. The van der Waals surface area contributed by atoms with Gasteiger partial charge in [0.05, 0.1) is 0 Å². The SMILES string of the molecule is CC(C)(C)OC(=O)NC1CC2CCC(C1)N2Cc1ccc(Cc2nc3ccccc3o2)cc1. The second kappa shape index (κ2) is 8.82.